The standard InChI is InChI=1S/C14H21NO4S/c1-14(2,3)19-13(16)12(15-20(4,17)18)10-11-8-6-5-7-9-11/h5-9,12,15H,10H2,1-4H3. The topological polar surface area (TPSA) is 72.5 Å². The predicted molar refractivity (Wildman–Crippen MR) is 77.8 cm³/mol. The van der Waals surface area contributed by atoms with Crippen molar-refractivity contribution in [3.63, 3.8) is 0 Å². The van der Waals surface area contributed by atoms with Crippen molar-refractivity contribution in [1.82, 2.24) is 4.72 Å². The van der Waals surface area contributed by atoms with E-state index in [1.54, 1.807) is 20.8 Å². The Morgan fingerprint density at radius 1 is 1.25 bits per heavy atom. The summed E-state index contributed by atoms with van der Waals surface area (Å²) >= 11 is 0. The van der Waals surface area contributed by atoms with Gasteiger partial charge in [0.05, 0.1) is 6.26 Å². The highest BCUT2D eigenvalue weighted by molar-refractivity contribution is 7.88. The van der Waals surface area contributed by atoms with E-state index in [-0.39, 0.29) is 6.42 Å². The van der Waals surface area contributed by atoms with Gasteiger partial charge in [-0.05, 0) is 32.8 Å². The lowest BCUT2D eigenvalue weighted by molar-refractivity contribution is -0.156. The van der Waals surface area contributed by atoms with Crippen LogP contribution in [0.15, 0.2) is 30.3 Å². The number of benzene rings is 1. The molecule has 0 aliphatic heterocycles. The van der Waals surface area contributed by atoms with Gasteiger partial charge in [-0.25, -0.2) is 13.1 Å². The Kier molecular flexibility index (Phi) is 5.30. The largest absolute Gasteiger partial charge is 0.459 e. The Hall–Kier alpha value is -1.40. The molecule has 112 valence electrons. The van der Waals surface area contributed by atoms with E-state index in [0.717, 1.165) is 11.8 Å². The third-order valence-corrected chi connectivity index (χ3v) is 3.04. The van der Waals surface area contributed by atoms with E-state index >= 15 is 0 Å². The molecule has 6 heteroatoms. The molecule has 20 heavy (non-hydrogen) atoms. The van der Waals surface area contributed by atoms with E-state index in [9.17, 15) is 13.2 Å². The second kappa shape index (κ2) is 6.37. The van der Waals surface area contributed by atoms with Crippen molar-refractivity contribution in [1.29, 1.82) is 0 Å². The molecule has 0 bridgehead atoms. The Morgan fingerprint density at radius 3 is 2.25 bits per heavy atom. The van der Waals surface area contributed by atoms with Crippen LogP contribution in [0.2, 0.25) is 0 Å². The maximum absolute atomic E-state index is 12.1. The highest BCUT2D eigenvalue weighted by atomic mass is 32.2. The first kappa shape index (κ1) is 16.7. The van der Waals surface area contributed by atoms with E-state index < -0.39 is 27.6 Å². The zero-order valence-corrected chi connectivity index (χ0v) is 13.0. The number of sulfonamides is 1. The zero-order valence-electron chi connectivity index (χ0n) is 12.2. The SMILES string of the molecule is CC(C)(C)OC(=O)C(Cc1ccccc1)NS(C)(=O)=O. The van der Waals surface area contributed by atoms with Crippen LogP contribution < -0.4 is 4.72 Å². The fraction of sp³-hybridized carbons (Fsp3) is 0.500. The molecule has 1 unspecified atom stereocenters. The molecule has 0 aromatic heterocycles. The smallest absolute Gasteiger partial charge is 0.325 e. The lowest BCUT2D eigenvalue weighted by Gasteiger charge is -2.24. The van der Waals surface area contributed by atoms with Crippen molar-refractivity contribution >= 4 is 16.0 Å². The number of esters is 1. The summed E-state index contributed by atoms with van der Waals surface area (Å²) in [6.45, 7) is 5.22. The molecule has 1 N–H and O–H groups in total. The molecule has 0 fully saturated rings. The summed E-state index contributed by atoms with van der Waals surface area (Å²) in [5, 5.41) is 0. The Bertz CT molecular complexity index is 546. The number of nitrogens with one attached hydrogen (secondary N) is 1. The van der Waals surface area contributed by atoms with Gasteiger partial charge in [0.2, 0.25) is 10.0 Å². The zero-order chi connectivity index (χ0) is 15.4. The average Bonchev–Trinajstić information content (AvgIpc) is 2.25. The highest BCUT2D eigenvalue weighted by Crippen LogP contribution is 2.12. The van der Waals surface area contributed by atoms with Crippen molar-refractivity contribution in [3.8, 4) is 0 Å². The molecule has 1 aromatic carbocycles. The molecule has 0 amide bonds. The van der Waals surface area contributed by atoms with Crippen LogP contribution in [0.25, 0.3) is 0 Å². The minimum atomic E-state index is -3.49. The first-order valence-corrected chi connectivity index (χ1v) is 8.20. The molecule has 0 saturated heterocycles. The first-order chi connectivity index (χ1) is 9.07. The van der Waals surface area contributed by atoms with Gasteiger partial charge in [-0.1, -0.05) is 30.3 Å². The van der Waals surface area contributed by atoms with Gasteiger partial charge >= 0.3 is 5.97 Å². The first-order valence-electron chi connectivity index (χ1n) is 6.31. The molecule has 0 heterocycles. The number of ether oxygens (including phenoxy) is 1. The lowest BCUT2D eigenvalue weighted by Crippen LogP contribution is -2.45. The third kappa shape index (κ3) is 6.68. The Morgan fingerprint density at radius 2 is 1.80 bits per heavy atom. The summed E-state index contributed by atoms with van der Waals surface area (Å²) in [7, 11) is -3.49. The van der Waals surface area contributed by atoms with Crippen molar-refractivity contribution in [3.05, 3.63) is 35.9 Å². The summed E-state index contributed by atoms with van der Waals surface area (Å²) < 4.78 is 30.3. The number of hydrogen-bond acceptors (Lipinski definition) is 4. The van der Waals surface area contributed by atoms with Gasteiger partial charge in [-0.3, -0.25) is 4.79 Å². The minimum absolute atomic E-state index is 0.253. The van der Waals surface area contributed by atoms with Crippen LogP contribution in [-0.2, 0) is 26.0 Å². The summed E-state index contributed by atoms with van der Waals surface area (Å²) in [5.41, 5.74) is 0.199. The number of hydrogen-bond donors (Lipinski definition) is 1. The van der Waals surface area contributed by atoms with E-state index in [4.69, 9.17) is 4.74 Å². The van der Waals surface area contributed by atoms with Crippen LogP contribution in [0, 0.1) is 0 Å². The van der Waals surface area contributed by atoms with Crippen LogP contribution in [0.4, 0.5) is 0 Å². The maximum Gasteiger partial charge on any atom is 0.325 e. The molecule has 0 spiro atoms. The molecule has 1 atom stereocenters. The predicted octanol–water partition coefficient (Wildman–Crippen LogP) is 1.49. The fourth-order valence-corrected chi connectivity index (χ4v) is 2.35. The lowest BCUT2D eigenvalue weighted by atomic mass is 10.1. The monoisotopic (exact) mass is 299 g/mol. The van der Waals surface area contributed by atoms with Crippen LogP contribution in [-0.4, -0.2) is 32.3 Å². The molecule has 1 aromatic rings. The Labute approximate surface area is 120 Å². The van der Waals surface area contributed by atoms with Gasteiger partial charge in [-0.15, -0.1) is 0 Å². The van der Waals surface area contributed by atoms with E-state index in [0.29, 0.717) is 0 Å². The van der Waals surface area contributed by atoms with Crippen LogP contribution in [0.1, 0.15) is 26.3 Å². The number of carbonyl (C=O) groups is 1. The third-order valence-electron chi connectivity index (χ3n) is 2.33. The molecule has 0 aliphatic carbocycles. The molecule has 0 aliphatic rings. The summed E-state index contributed by atoms with van der Waals surface area (Å²) in [4.78, 5) is 12.1. The normalized spacial score (nSPS) is 13.8. The molecule has 0 radical (unpaired) electrons. The van der Waals surface area contributed by atoms with Crippen molar-refractivity contribution in [2.24, 2.45) is 0 Å². The summed E-state index contributed by atoms with van der Waals surface area (Å²) in [5.74, 6) is -0.577. The number of rotatable bonds is 5. The summed E-state index contributed by atoms with van der Waals surface area (Å²) in [6.07, 6.45) is 1.28. The highest BCUT2D eigenvalue weighted by Gasteiger charge is 2.27. The second-order valence-corrected chi connectivity index (χ2v) is 7.45. The van der Waals surface area contributed by atoms with Gasteiger partial charge < -0.3 is 4.74 Å². The van der Waals surface area contributed by atoms with Gasteiger partial charge in [0.25, 0.3) is 0 Å². The van der Waals surface area contributed by atoms with Crippen LogP contribution in [0.5, 0.6) is 0 Å². The van der Waals surface area contributed by atoms with Crippen molar-refractivity contribution < 1.29 is 17.9 Å². The van der Waals surface area contributed by atoms with Gasteiger partial charge in [-0.2, -0.15) is 0 Å². The van der Waals surface area contributed by atoms with E-state index in [1.807, 2.05) is 30.3 Å². The van der Waals surface area contributed by atoms with Gasteiger partial charge in [0.1, 0.15) is 11.6 Å². The van der Waals surface area contributed by atoms with E-state index in [1.165, 1.54) is 0 Å². The average molecular weight is 299 g/mol. The quantitative estimate of drug-likeness (QED) is 0.836. The van der Waals surface area contributed by atoms with Gasteiger partial charge in [0.15, 0.2) is 0 Å². The minimum Gasteiger partial charge on any atom is -0.459 e. The molecule has 0 saturated carbocycles. The molecule has 5 nitrogen and oxygen atoms in total. The molecule has 1 rings (SSSR count). The van der Waals surface area contributed by atoms with Crippen LogP contribution >= 0.6 is 0 Å². The van der Waals surface area contributed by atoms with Crippen molar-refractivity contribution in [2.45, 2.75) is 38.8 Å². The number of carbonyl (C=O) groups excluding carboxylic acids is 1. The van der Waals surface area contributed by atoms with E-state index in [2.05, 4.69) is 4.72 Å². The fourth-order valence-electron chi connectivity index (χ4n) is 1.65. The maximum atomic E-state index is 12.1. The molecular formula is C14H21NO4S. The van der Waals surface area contributed by atoms with Crippen molar-refractivity contribution in [2.75, 3.05) is 6.26 Å². The molecular weight excluding hydrogens is 278 g/mol. The van der Waals surface area contributed by atoms with Crippen LogP contribution in [0.3, 0.4) is 0 Å². The van der Waals surface area contributed by atoms with Gasteiger partial charge in [0, 0.05) is 0 Å². The second-order valence-electron chi connectivity index (χ2n) is 5.67. The summed E-state index contributed by atoms with van der Waals surface area (Å²) in [6, 6.07) is 8.27. The Balaban J connectivity index is 2.88.